The molecule has 0 bridgehead atoms. The molecule has 4 fully saturated rings. The number of hydrogen-bond acceptors (Lipinski definition) is 11. The van der Waals surface area contributed by atoms with Crippen molar-refractivity contribution >= 4 is 38.0 Å². The van der Waals surface area contributed by atoms with E-state index in [1.165, 1.54) is 15.7 Å². The lowest BCUT2D eigenvalue weighted by Gasteiger charge is -2.37. The Bertz CT molecular complexity index is 1440. The predicted molar refractivity (Wildman–Crippen MR) is 166 cm³/mol. The van der Waals surface area contributed by atoms with E-state index in [2.05, 4.69) is 10.3 Å². The molecule has 1 amide bonds. The van der Waals surface area contributed by atoms with E-state index in [1.807, 2.05) is 11.1 Å². The maximum Gasteiger partial charge on any atom is 0.281 e. The van der Waals surface area contributed by atoms with Gasteiger partial charge in [0, 0.05) is 57.1 Å². The van der Waals surface area contributed by atoms with Crippen LogP contribution in [0.15, 0.2) is 6.20 Å². The molecule has 0 radical (unpaired) electrons. The van der Waals surface area contributed by atoms with E-state index in [1.54, 1.807) is 0 Å². The quantitative estimate of drug-likeness (QED) is 0.256. The largest absolute Gasteiger partial charge is 0.353 e. The van der Waals surface area contributed by atoms with Crippen LogP contribution in [0, 0.1) is 0 Å². The summed E-state index contributed by atoms with van der Waals surface area (Å²) < 4.78 is 68.0. The van der Waals surface area contributed by atoms with Crippen LogP contribution in [0.25, 0.3) is 0 Å². The van der Waals surface area contributed by atoms with E-state index in [0.717, 1.165) is 76.2 Å². The molecule has 2 aliphatic carbocycles. The normalized spacial score (nSPS) is 27.7. The van der Waals surface area contributed by atoms with Crippen molar-refractivity contribution in [2.24, 2.45) is 0 Å². The van der Waals surface area contributed by atoms with E-state index in [0.29, 0.717) is 37.7 Å². The minimum Gasteiger partial charge on any atom is -0.353 e. The molecule has 16 heteroatoms. The van der Waals surface area contributed by atoms with Gasteiger partial charge in [-0.2, -0.15) is 30.4 Å². The molecule has 1 spiro atoms. The van der Waals surface area contributed by atoms with Gasteiger partial charge in [-0.25, -0.2) is 4.98 Å². The first-order valence-electron chi connectivity index (χ1n) is 16.3. The second-order valence-corrected chi connectivity index (χ2v) is 16.8. The van der Waals surface area contributed by atoms with Gasteiger partial charge in [0.2, 0.25) is 11.9 Å². The highest BCUT2D eigenvalue weighted by Gasteiger charge is 2.61. The second kappa shape index (κ2) is 13.3. The fourth-order valence-corrected chi connectivity index (χ4v) is 8.93. The molecule has 0 aromatic carbocycles. The average Bonchev–Trinajstić information content (AvgIpc) is 3.78. The molecule has 2 saturated heterocycles. The van der Waals surface area contributed by atoms with E-state index < -0.39 is 25.7 Å². The lowest BCUT2D eigenvalue weighted by molar-refractivity contribution is -0.193. The molecule has 1 aromatic heterocycles. The summed E-state index contributed by atoms with van der Waals surface area (Å²) in [6.07, 6.45) is 12.5. The zero-order valence-electron chi connectivity index (χ0n) is 26.2. The molecule has 2 saturated carbocycles. The van der Waals surface area contributed by atoms with Gasteiger partial charge in [0.1, 0.15) is 5.82 Å². The van der Waals surface area contributed by atoms with Gasteiger partial charge < -0.3 is 14.8 Å². The highest BCUT2D eigenvalue weighted by atomic mass is 32.2. The van der Waals surface area contributed by atoms with Crippen LogP contribution in [0.2, 0.25) is 0 Å². The number of rotatable bonds is 12. The summed E-state index contributed by atoms with van der Waals surface area (Å²) in [6.45, 7) is 1.48. The zero-order valence-corrected chi connectivity index (χ0v) is 27.9. The number of amides is 1. The molecule has 14 nitrogen and oxygen atoms in total. The Balaban J connectivity index is 1.06. The average molecular weight is 671 g/mol. The molecule has 1 unspecified atom stereocenters. The number of piperidine rings is 1. The molecule has 4 heterocycles. The van der Waals surface area contributed by atoms with Crippen LogP contribution < -0.4 is 10.2 Å². The first-order valence-corrected chi connectivity index (χ1v) is 19.5. The van der Waals surface area contributed by atoms with Crippen LogP contribution in [0.4, 0.5) is 11.8 Å². The molecule has 6 rings (SSSR count). The molecule has 5 aliphatic rings. The SMILES string of the molecule is CN(CCCOS(C)(=O)=O)S(=O)(=O)N1CCC(Nc2ncc3c(n2)N([C@@H]2CCC[C@@H](OC4CCCCO4)C2)C(=O)C32CC2)CC1. The first kappa shape index (κ1) is 33.0. The number of nitrogens with zero attached hydrogens (tertiary/aromatic N) is 5. The van der Waals surface area contributed by atoms with Crippen molar-refractivity contribution in [3.05, 3.63) is 11.8 Å². The number of ether oxygens (including phenoxy) is 2. The minimum atomic E-state index is -3.69. The number of hydrogen-bond donors (Lipinski definition) is 1. The topological polar surface area (TPSA) is 161 Å². The summed E-state index contributed by atoms with van der Waals surface area (Å²) in [7, 11) is -5.76. The van der Waals surface area contributed by atoms with Crippen LogP contribution in [0.5, 0.6) is 0 Å². The summed E-state index contributed by atoms with van der Waals surface area (Å²) >= 11 is 0. The number of anilines is 2. The van der Waals surface area contributed by atoms with Crippen LogP contribution in [0.3, 0.4) is 0 Å². The van der Waals surface area contributed by atoms with Gasteiger partial charge in [0.05, 0.1) is 24.4 Å². The summed E-state index contributed by atoms with van der Waals surface area (Å²) in [4.78, 5) is 25.3. The Morgan fingerprint density at radius 2 is 1.87 bits per heavy atom. The monoisotopic (exact) mass is 670 g/mol. The fraction of sp³-hybridized carbons (Fsp3) is 0.828. The Kier molecular flexibility index (Phi) is 9.73. The summed E-state index contributed by atoms with van der Waals surface area (Å²) in [6, 6.07) is -0.00366. The van der Waals surface area contributed by atoms with E-state index in [9.17, 15) is 21.6 Å². The van der Waals surface area contributed by atoms with E-state index in [4.69, 9.17) is 18.6 Å². The Hall–Kier alpha value is -1.95. The van der Waals surface area contributed by atoms with Gasteiger partial charge in [-0.3, -0.25) is 13.9 Å². The maximum absolute atomic E-state index is 13.8. The standard InChI is InChI=1S/C29H46N6O8S2/c1-33(14-6-18-42-44(2,37)38)45(39,40)34-15-10-21(11-16-34)31-28-30-20-24-26(32-28)35(27(36)29(24)12-13-29)22-7-5-8-23(19-22)43-25-9-3-4-17-41-25/h20-23,25H,3-19H2,1-2H3,(H,30,31,32)/t22-,23-,25?/m1/s1. The first-order chi connectivity index (χ1) is 21.5. The van der Waals surface area contributed by atoms with Crippen molar-refractivity contribution in [2.75, 3.05) is 56.4 Å². The Labute approximate surface area is 266 Å². The van der Waals surface area contributed by atoms with Gasteiger partial charge in [-0.05, 0) is 77.0 Å². The van der Waals surface area contributed by atoms with Crippen molar-refractivity contribution in [1.82, 2.24) is 18.6 Å². The van der Waals surface area contributed by atoms with Crippen LogP contribution in [-0.2, 0) is 44.2 Å². The second-order valence-electron chi connectivity index (χ2n) is 13.1. The fourth-order valence-electron chi connectivity index (χ4n) is 7.09. The third kappa shape index (κ3) is 7.31. The third-order valence-corrected chi connectivity index (χ3v) is 12.3. The van der Waals surface area contributed by atoms with Crippen molar-refractivity contribution in [3.8, 4) is 0 Å². The lowest BCUT2D eigenvalue weighted by Crippen LogP contribution is -2.48. The number of fused-ring (bicyclic) bond motifs is 2. The van der Waals surface area contributed by atoms with Crippen molar-refractivity contribution in [3.63, 3.8) is 0 Å². The predicted octanol–water partition coefficient (Wildman–Crippen LogP) is 2.13. The third-order valence-electron chi connectivity index (χ3n) is 9.76. The van der Waals surface area contributed by atoms with Gasteiger partial charge in [-0.15, -0.1) is 0 Å². The van der Waals surface area contributed by atoms with Gasteiger partial charge in [-0.1, -0.05) is 0 Å². The van der Waals surface area contributed by atoms with Gasteiger partial charge >= 0.3 is 0 Å². The number of carbonyl (C=O) groups excluding carboxylic acids is 1. The lowest BCUT2D eigenvalue weighted by atomic mass is 9.91. The number of carbonyl (C=O) groups is 1. The van der Waals surface area contributed by atoms with Gasteiger partial charge in [0.15, 0.2) is 6.29 Å². The molecule has 1 aromatic rings. The molecule has 252 valence electrons. The van der Waals surface area contributed by atoms with Crippen molar-refractivity contribution in [2.45, 2.75) is 107 Å². The molecule has 45 heavy (non-hydrogen) atoms. The van der Waals surface area contributed by atoms with E-state index >= 15 is 0 Å². The molecular formula is C29H46N6O8S2. The molecular weight excluding hydrogens is 624 g/mol. The molecule has 1 N–H and O–H groups in total. The highest BCUT2D eigenvalue weighted by Crippen LogP contribution is 2.57. The zero-order chi connectivity index (χ0) is 31.8. The van der Waals surface area contributed by atoms with Crippen LogP contribution in [0.1, 0.15) is 82.6 Å². The van der Waals surface area contributed by atoms with Crippen LogP contribution in [-0.4, -0.2) is 112 Å². The molecule has 3 atom stereocenters. The minimum absolute atomic E-state index is 0.0182. The molecule has 3 aliphatic heterocycles. The maximum atomic E-state index is 13.8. The van der Waals surface area contributed by atoms with Crippen molar-refractivity contribution < 1.29 is 35.3 Å². The van der Waals surface area contributed by atoms with Gasteiger partial charge in [0.25, 0.3) is 20.3 Å². The Morgan fingerprint density at radius 3 is 2.56 bits per heavy atom. The number of aromatic nitrogens is 2. The summed E-state index contributed by atoms with van der Waals surface area (Å²) in [5.74, 6) is 1.29. The van der Waals surface area contributed by atoms with Crippen LogP contribution >= 0.6 is 0 Å². The highest BCUT2D eigenvalue weighted by molar-refractivity contribution is 7.86. The smallest absolute Gasteiger partial charge is 0.281 e. The van der Waals surface area contributed by atoms with Crippen molar-refractivity contribution in [1.29, 1.82) is 0 Å². The summed E-state index contributed by atoms with van der Waals surface area (Å²) in [5, 5.41) is 3.41. The Morgan fingerprint density at radius 1 is 1.09 bits per heavy atom. The number of nitrogens with one attached hydrogen (secondary N) is 1. The summed E-state index contributed by atoms with van der Waals surface area (Å²) in [5.41, 5.74) is 0.430. The van der Waals surface area contributed by atoms with E-state index in [-0.39, 0.29) is 50.0 Å².